The Labute approximate surface area is 187 Å². The number of hydrogen-bond acceptors (Lipinski definition) is 5. The van der Waals surface area contributed by atoms with Gasteiger partial charge in [-0.1, -0.05) is 41.4 Å². The molecule has 1 aliphatic rings. The topological polar surface area (TPSA) is 53.1 Å². The molecule has 30 heavy (non-hydrogen) atoms. The molecule has 3 aromatic rings. The van der Waals surface area contributed by atoms with Crippen LogP contribution in [0.5, 0.6) is 0 Å². The van der Waals surface area contributed by atoms with Crippen LogP contribution in [0, 0.1) is 0 Å². The molecular formula is C23H27Cl2N5. The summed E-state index contributed by atoms with van der Waals surface area (Å²) >= 11 is 12.6. The van der Waals surface area contributed by atoms with Crippen molar-refractivity contribution in [2.24, 2.45) is 0 Å². The normalized spacial score (nSPS) is 19.1. The minimum absolute atomic E-state index is 0.378. The molecule has 1 heterocycles. The molecule has 0 unspecified atom stereocenters. The number of hydrogen-bond donors (Lipinski definition) is 2. The molecule has 2 N–H and O–H groups in total. The van der Waals surface area contributed by atoms with E-state index in [-0.39, 0.29) is 0 Å². The zero-order chi connectivity index (χ0) is 21.1. The summed E-state index contributed by atoms with van der Waals surface area (Å²) in [6.07, 6.45) is 4.32. The molecule has 1 saturated carbocycles. The molecule has 0 saturated heterocycles. The van der Waals surface area contributed by atoms with Crippen LogP contribution >= 0.6 is 23.2 Å². The summed E-state index contributed by atoms with van der Waals surface area (Å²) in [7, 11) is 4.03. The van der Waals surface area contributed by atoms with Crippen LogP contribution in [0.25, 0.3) is 10.9 Å². The summed E-state index contributed by atoms with van der Waals surface area (Å²) in [5, 5.41) is 9.68. The molecule has 0 spiro atoms. The quantitative estimate of drug-likeness (QED) is 0.525. The van der Waals surface area contributed by atoms with Crippen LogP contribution in [0.4, 0.5) is 11.8 Å². The Bertz CT molecular complexity index is 995. The van der Waals surface area contributed by atoms with Gasteiger partial charge in [0, 0.05) is 53.7 Å². The largest absolute Gasteiger partial charge is 0.362 e. The summed E-state index contributed by atoms with van der Waals surface area (Å²) in [6, 6.07) is 14.6. The zero-order valence-electron chi connectivity index (χ0n) is 17.3. The van der Waals surface area contributed by atoms with E-state index in [9.17, 15) is 0 Å². The lowest BCUT2D eigenvalue weighted by atomic mass is 9.91. The van der Waals surface area contributed by atoms with Gasteiger partial charge in [0.15, 0.2) is 0 Å². The number of para-hydroxylation sites is 1. The van der Waals surface area contributed by atoms with Gasteiger partial charge in [0.25, 0.3) is 0 Å². The maximum Gasteiger partial charge on any atom is 0.225 e. The van der Waals surface area contributed by atoms with Crippen LogP contribution in [0.2, 0.25) is 10.0 Å². The fourth-order valence-electron chi connectivity index (χ4n) is 4.04. The van der Waals surface area contributed by atoms with Crippen LogP contribution in [0.3, 0.4) is 0 Å². The monoisotopic (exact) mass is 443 g/mol. The van der Waals surface area contributed by atoms with E-state index in [1.165, 1.54) is 0 Å². The van der Waals surface area contributed by atoms with Crippen LogP contribution < -0.4 is 15.5 Å². The molecule has 1 aliphatic carbocycles. The van der Waals surface area contributed by atoms with E-state index in [1.54, 1.807) is 0 Å². The van der Waals surface area contributed by atoms with Gasteiger partial charge in [-0.15, -0.1) is 0 Å². The van der Waals surface area contributed by atoms with Gasteiger partial charge in [-0.2, -0.15) is 4.98 Å². The average molecular weight is 444 g/mol. The van der Waals surface area contributed by atoms with Gasteiger partial charge in [0.05, 0.1) is 5.52 Å². The highest BCUT2D eigenvalue weighted by Gasteiger charge is 2.22. The van der Waals surface area contributed by atoms with Gasteiger partial charge in [0.1, 0.15) is 5.82 Å². The number of nitrogens with zero attached hydrogens (tertiary/aromatic N) is 3. The summed E-state index contributed by atoms with van der Waals surface area (Å²) in [5.74, 6) is 1.65. The first-order valence-corrected chi connectivity index (χ1v) is 11.1. The van der Waals surface area contributed by atoms with Crippen molar-refractivity contribution >= 4 is 45.9 Å². The molecule has 5 nitrogen and oxygen atoms in total. The predicted octanol–water partition coefficient (Wildman–Crippen LogP) is 5.52. The molecule has 0 aliphatic heterocycles. The van der Waals surface area contributed by atoms with Crippen molar-refractivity contribution in [2.75, 3.05) is 24.3 Å². The van der Waals surface area contributed by atoms with Gasteiger partial charge in [-0.25, -0.2) is 4.98 Å². The van der Waals surface area contributed by atoms with Crippen molar-refractivity contribution in [3.63, 3.8) is 0 Å². The van der Waals surface area contributed by atoms with Gasteiger partial charge in [-0.3, -0.25) is 0 Å². The smallest absolute Gasteiger partial charge is 0.225 e. The minimum Gasteiger partial charge on any atom is -0.362 e. The van der Waals surface area contributed by atoms with Gasteiger partial charge in [0.2, 0.25) is 5.95 Å². The second-order valence-corrected chi connectivity index (χ2v) is 8.87. The highest BCUT2D eigenvalue weighted by atomic mass is 35.5. The number of rotatable bonds is 6. The number of aromatic nitrogens is 2. The lowest BCUT2D eigenvalue weighted by Crippen LogP contribution is -2.37. The Morgan fingerprint density at radius 2 is 1.57 bits per heavy atom. The highest BCUT2D eigenvalue weighted by Crippen LogP contribution is 2.28. The van der Waals surface area contributed by atoms with Crippen LogP contribution in [0.1, 0.15) is 31.2 Å². The summed E-state index contributed by atoms with van der Waals surface area (Å²) in [5.41, 5.74) is 1.94. The first-order valence-electron chi connectivity index (χ1n) is 10.4. The molecular weight excluding hydrogens is 417 g/mol. The Kier molecular flexibility index (Phi) is 6.61. The standard InChI is InChI=1S/C23H27Cl2N5/c1-30(2)22-17-6-3-4-9-21(17)28-23(29-22)27-16-12-10-15(11-13-16)26-14-18-19(24)7-5-8-20(18)25/h3-9,15-16,26H,10-14H2,1-2H3,(H,27,28,29). The molecule has 0 atom stereocenters. The van der Waals surface area contributed by atoms with E-state index in [0.717, 1.165) is 58.0 Å². The lowest BCUT2D eigenvalue weighted by molar-refractivity contribution is 0.352. The van der Waals surface area contributed by atoms with E-state index in [4.69, 9.17) is 33.2 Å². The van der Waals surface area contributed by atoms with Crippen LogP contribution in [0.15, 0.2) is 42.5 Å². The molecule has 2 aromatic carbocycles. The van der Waals surface area contributed by atoms with Crippen molar-refractivity contribution in [1.29, 1.82) is 0 Å². The molecule has 4 rings (SSSR count). The molecule has 0 radical (unpaired) electrons. The number of halogens is 2. The van der Waals surface area contributed by atoms with Crippen molar-refractivity contribution in [3.8, 4) is 0 Å². The van der Waals surface area contributed by atoms with Gasteiger partial charge < -0.3 is 15.5 Å². The van der Waals surface area contributed by atoms with E-state index in [1.807, 2.05) is 55.4 Å². The second-order valence-electron chi connectivity index (χ2n) is 8.06. The van der Waals surface area contributed by atoms with E-state index >= 15 is 0 Å². The van der Waals surface area contributed by atoms with Crippen LogP contribution in [-0.2, 0) is 6.54 Å². The molecule has 0 bridgehead atoms. The maximum atomic E-state index is 6.29. The summed E-state index contributed by atoms with van der Waals surface area (Å²) in [6.45, 7) is 0.696. The second kappa shape index (κ2) is 9.38. The number of benzene rings is 2. The number of anilines is 2. The van der Waals surface area contributed by atoms with E-state index in [2.05, 4.69) is 16.7 Å². The Hall–Kier alpha value is -2.08. The fraction of sp³-hybridized carbons (Fsp3) is 0.391. The van der Waals surface area contributed by atoms with Gasteiger partial charge >= 0.3 is 0 Å². The van der Waals surface area contributed by atoms with Crippen LogP contribution in [-0.4, -0.2) is 36.1 Å². The first kappa shape index (κ1) is 21.2. The minimum atomic E-state index is 0.378. The van der Waals surface area contributed by atoms with Crippen molar-refractivity contribution in [1.82, 2.24) is 15.3 Å². The highest BCUT2D eigenvalue weighted by molar-refractivity contribution is 6.35. The average Bonchev–Trinajstić information content (AvgIpc) is 2.74. The Morgan fingerprint density at radius 3 is 2.27 bits per heavy atom. The van der Waals surface area contributed by atoms with Gasteiger partial charge in [-0.05, 0) is 49.9 Å². The van der Waals surface area contributed by atoms with E-state index in [0.29, 0.717) is 24.6 Å². The SMILES string of the molecule is CN(C)c1nc(NC2CCC(NCc3c(Cl)cccc3Cl)CC2)nc2ccccc12. The predicted molar refractivity (Wildman–Crippen MR) is 127 cm³/mol. The molecule has 0 amide bonds. The molecule has 1 aromatic heterocycles. The van der Waals surface area contributed by atoms with Crippen molar-refractivity contribution in [3.05, 3.63) is 58.1 Å². The lowest BCUT2D eigenvalue weighted by Gasteiger charge is -2.30. The third-order valence-corrected chi connectivity index (χ3v) is 6.40. The third kappa shape index (κ3) is 4.80. The fourth-order valence-corrected chi connectivity index (χ4v) is 4.57. The maximum absolute atomic E-state index is 6.29. The van der Waals surface area contributed by atoms with Crippen molar-refractivity contribution < 1.29 is 0 Å². The number of fused-ring (bicyclic) bond motifs is 1. The zero-order valence-corrected chi connectivity index (χ0v) is 18.8. The Balaban J connectivity index is 1.36. The van der Waals surface area contributed by atoms with Crippen molar-refractivity contribution in [2.45, 2.75) is 44.3 Å². The molecule has 1 fully saturated rings. The number of nitrogens with one attached hydrogen (secondary N) is 2. The third-order valence-electron chi connectivity index (χ3n) is 5.70. The first-order chi connectivity index (χ1) is 14.5. The molecule has 158 valence electrons. The summed E-state index contributed by atoms with van der Waals surface area (Å²) in [4.78, 5) is 11.5. The molecule has 7 heteroatoms. The van der Waals surface area contributed by atoms with E-state index < -0.39 is 0 Å². The Morgan fingerprint density at radius 1 is 0.900 bits per heavy atom. The summed E-state index contributed by atoms with van der Waals surface area (Å²) < 4.78 is 0.